The molecule has 0 amide bonds. The molecule has 0 aliphatic rings. The molecule has 0 aromatic carbocycles. The third-order valence-corrected chi connectivity index (χ3v) is 3.58. The third kappa shape index (κ3) is 2.64. The molecule has 8 heteroatoms. The van der Waals surface area contributed by atoms with Gasteiger partial charge in [-0.2, -0.15) is 0 Å². The largest absolute Gasteiger partial charge is 0.361 e. The Balaban J connectivity index is 2.04. The molecule has 0 spiro atoms. The number of halogens is 2. The minimum absolute atomic E-state index is 0.372. The zero-order valence-electron chi connectivity index (χ0n) is 11.5. The van der Waals surface area contributed by atoms with Gasteiger partial charge in [-0.05, 0) is 6.07 Å². The zero-order chi connectivity index (χ0) is 15.0. The Morgan fingerprint density at radius 2 is 1.95 bits per heavy atom. The van der Waals surface area contributed by atoms with Crippen LogP contribution in [0.25, 0.3) is 11.2 Å². The summed E-state index contributed by atoms with van der Waals surface area (Å²) in [5.74, 6) is 0.777. The molecular weight excluding hydrogens is 311 g/mol. The summed E-state index contributed by atoms with van der Waals surface area (Å²) in [5, 5.41) is 0.752. The monoisotopic (exact) mass is 322 g/mol. The van der Waals surface area contributed by atoms with Crippen LogP contribution in [0.5, 0.6) is 0 Å². The molecule has 0 bridgehead atoms. The maximum absolute atomic E-state index is 6.11. The van der Waals surface area contributed by atoms with Crippen LogP contribution in [-0.2, 0) is 6.54 Å². The molecule has 0 saturated heterocycles. The molecule has 6 nitrogen and oxygen atoms in total. The molecule has 3 aromatic heterocycles. The van der Waals surface area contributed by atoms with Gasteiger partial charge in [0.2, 0.25) is 0 Å². The van der Waals surface area contributed by atoms with E-state index in [1.54, 1.807) is 12.4 Å². The third-order valence-electron chi connectivity index (χ3n) is 3.04. The first-order chi connectivity index (χ1) is 10.1. The number of hydrogen-bond acceptors (Lipinski definition) is 5. The van der Waals surface area contributed by atoms with Gasteiger partial charge in [0, 0.05) is 19.7 Å². The van der Waals surface area contributed by atoms with Gasteiger partial charge in [0.25, 0.3) is 0 Å². The summed E-state index contributed by atoms with van der Waals surface area (Å²) < 4.78 is 1.90. The first-order valence-electron chi connectivity index (χ1n) is 6.20. The van der Waals surface area contributed by atoms with E-state index in [4.69, 9.17) is 23.2 Å². The van der Waals surface area contributed by atoms with Gasteiger partial charge in [-0.25, -0.2) is 19.9 Å². The topological polar surface area (TPSA) is 59.7 Å². The molecule has 21 heavy (non-hydrogen) atoms. The lowest BCUT2D eigenvalue weighted by Gasteiger charge is -2.11. The first kappa shape index (κ1) is 14.0. The number of rotatable bonds is 3. The van der Waals surface area contributed by atoms with Crippen molar-refractivity contribution < 1.29 is 0 Å². The molecule has 0 unspecified atom stereocenters. The first-order valence-corrected chi connectivity index (χ1v) is 6.96. The second-order valence-electron chi connectivity index (χ2n) is 4.72. The van der Waals surface area contributed by atoms with Crippen molar-refractivity contribution in [2.45, 2.75) is 6.54 Å². The quantitative estimate of drug-likeness (QED) is 0.694. The van der Waals surface area contributed by atoms with Crippen LogP contribution in [-0.4, -0.2) is 38.6 Å². The van der Waals surface area contributed by atoms with Crippen LogP contribution >= 0.6 is 23.2 Å². The predicted octanol–water partition coefficient (Wildman–Crippen LogP) is 2.64. The Labute approximate surface area is 131 Å². The van der Waals surface area contributed by atoms with Gasteiger partial charge in [-0.1, -0.05) is 29.3 Å². The summed E-state index contributed by atoms with van der Waals surface area (Å²) in [7, 11) is 3.83. The van der Waals surface area contributed by atoms with E-state index in [1.807, 2.05) is 29.6 Å². The normalized spacial score (nSPS) is 11.0. The van der Waals surface area contributed by atoms with Crippen molar-refractivity contribution in [1.29, 1.82) is 0 Å². The van der Waals surface area contributed by atoms with Crippen molar-refractivity contribution >= 4 is 40.2 Å². The van der Waals surface area contributed by atoms with Crippen molar-refractivity contribution in [3.05, 3.63) is 40.7 Å². The fourth-order valence-corrected chi connectivity index (χ4v) is 2.46. The molecule has 3 aromatic rings. The van der Waals surface area contributed by atoms with Crippen LogP contribution < -0.4 is 4.90 Å². The van der Waals surface area contributed by atoms with E-state index in [0.717, 1.165) is 22.5 Å². The molecule has 0 aliphatic carbocycles. The standard InChI is InChI=1S/C13H12Cl2N6/c1-20(2)12-10-13(17-6-16-12)21(7-18-10)5-8-3-4-9(14)19-11(8)15/h3-4,6-7H,5H2,1-2H3. The van der Waals surface area contributed by atoms with Crippen LogP contribution in [0.15, 0.2) is 24.8 Å². The van der Waals surface area contributed by atoms with E-state index in [-0.39, 0.29) is 0 Å². The van der Waals surface area contributed by atoms with E-state index < -0.39 is 0 Å². The minimum atomic E-state index is 0.372. The summed E-state index contributed by atoms with van der Waals surface area (Å²) in [6, 6.07) is 3.56. The highest BCUT2D eigenvalue weighted by molar-refractivity contribution is 6.32. The number of nitrogens with zero attached hydrogens (tertiary/aromatic N) is 6. The number of hydrogen-bond donors (Lipinski definition) is 0. The number of pyridine rings is 1. The Bertz CT molecular complexity index is 798. The summed E-state index contributed by atoms with van der Waals surface area (Å²) in [6.45, 7) is 0.517. The Morgan fingerprint density at radius 3 is 2.67 bits per heavy atom. The van der Waals surface area contributed by atoms with Gasteiger partial charge in [0.1, 0.15) is 16.6 Å². The van der Waals surface area contributed by atoms with Gasteiger partial charge in [-0.15, -0.1) is 0 Å². The van der Waals surface area contributed by atoms with Crippen molar-refractivity contribution in [2.75, 3.05) is 19.0 Å². The average molecular weight is 323 g/mol. The highest BCUT2D eigenvalue weighted by atomic mass is 35.5. The maximum atomic E-state index is 6.11. The van der Waals surface area contributed by atoms with Crippen molar-refractivity contribution in [3.63, 3.8) is 0 Å². The SMILES string of the molecule is CN(C)c1ncnc2c1ncn2Cc1ccc(Cl)nc1Cl. The fraction of sp³-hybridized carbons (Fsp3) is 0.231. The summed E-state index contributed by atoms with van der Waals surface area (Å²) in [4.78, 5) is 18.9. The van der Waals surface area contributed by atoms with E-state index >= 15 is 0 Å². The predicted molar refractivity (Wildman–Crippen MR) is 83.0 cm³/mol. The lowest BCUT2D eigenvalue weighted by molar-refractivity contribution is 0.809. The Hall–Kier alpha value is -1.92. The number of anilines is 1. The molecule has 0 N–H and O–H groups in total. The van der Waals surface area contributed by atoms with Crippen molar-refractivity contribution in [1.82, 2.24) is 24.5 Å². The highest BCUT2D eigenvalue weighted by Crippen LogP contribution is 2.22. The van der Waals surface area contributed by atoms with E-state index in [9.17, 15) is 0 Å². The smallest absolute Gasteiger partial charge is 0.165 e. The van der Waals surface area contributed by atoms with E-state index in [2.05, 4.69) is 19.9 Å². The fourth-order valence-electron chi connectivity index (χ4n) is 2.05. The zero-order valence-corrected chi connectivity index (χ0v) is 13.0. The molecule has 0 radical (unpaired) electrons. The maximum Gasteiger partial charge on any atom is 0.165 e. The van der Waals surface area contributed by atoms with Gasteiger partial charge < -0.3 is 9.47 Å². The van der Waals surface area contributed by atoms with Crippen molar-refractivity contribution in [2.24, 2.45) is 0 Å². The number of imidazole rings is 1. The van der Waals surface area contributed by atoms with Gasteiger partial charge in [0.15, 0.2) is 17.0 Å². The van der Waals surface area contributed by atoms with Crippen LogP contribution in [0.2, 0.25) is 10.3 Å². The summed E-state index contributed by atoms with van der Waals surface area (Å²) >= 11 is 11.9. The molecule has 3 rings (SSSR count). The van der Waals surface area contributed by atoms with Gasteiger partial charge in [-0.3, -0.25) is 0 Å². The minimum Gasteiger partial charge on any atom is -0.361 e. The van der Waals surface area contributed by atoms with Gasteiger partial charge >= 0.3 is 0 Å². The second kappa shape index (κ2) is 5.46. The lowest BCUT2D eigenvalue weighted by atomic mass is 10.3. The van der Waals surface area contributed by atoms with Crippen LogP contribution in [0.4, 0.5) is 5.82 Å². The van der Waals surface area contributed by atoms with Crippen LogP contribution in [0, 0.1) is 0 Å². The molecule has 108 valence electrons. The van der Waals surface area contributed by atoms with Crippen LogP contribution in [0.3, 0.4) is 0 Å². The molecule has 3 heterocycles. The van der Waals surface area contributed by atoms with Gasteiger partial charge in [0.05, 0.1) is 12.9 Å². The van der Waals surface area contributed by atoms with Crippen LogP contribution in [0.1, 0.15) is 5.56 Å². The molecule has 0 saturated carbocycles. The summed E-state index contributed by atoms with van der Waals surface area (Å²) in [6.07, 6.45) is 3.24. The van der Waals surface area contributed by atoms with Crippen molar-refractivity contribution in [3.8, 4) is 0 Å². The molecule has 0 atom stereocenters. The molecular formula is C13H12Cl2N6. The Kier molecular flexibility index (Phi) is 3.65. The summed E-state index contributed by atoms with van der Waals surface area (Å²) in [5.41, 5.74) is 2.35. The Morgan fingerprint density at radius 1 is 1.14 bits per heavy atom. The number of aromatic nitrogens is 5. The van der Waals surface area contributed by atoms with E-state index in [1.165, 1.54) is 6.33 Å². The van der Waals surface area contributed by atoms with E-state index in [0.29, 0.717) is 16.9 Å². The lowest BCUT2D eigenvalue weighted by Crippen LogP contribution is -2.11. The number of fused-ring (bicyclic) bond motifs is 1. The molecule has 0 fully saturated rings. The molecule has 0 aliphatic heterocycles. The average Bonchev–Trinajstić information content (AvgIpc) is 2.85. The highest BCUT2D eigenvalue weighted by Gasteiger charge is 2.12. The second-order valence-corrected chi connectivity index (χ2v) is 5.47.